The lowest BCUT2D eigenvalue weighted by Crippen LogP contribution is -2.41. The lowest BCUT2D eigenvalue weighted by molar-refractivity contribution is -0.121. The summed E-state index contributed by atoms with van der Waals surface area (Å²) in [7, 11) is -3.38. The fourth-order valence-corrected chi connectivity index (χ4v) is 2.52. The summed E-state index contributed by atoms with van der Waals surface area (Å²) >= 11 is 0. The highest BCUT2D eigenvalue weighted by Crippen LogP contribution is 2.22. The van der Waals surface area contributed by atoms with Crippen molar-refractivity contribution in [3.8, 4) is 0 Å². The number of amides is 1. The third kappa shape index (κ3) is 4.84. The zero-order valence-corrected chi connectivity index (χ0v) is 14.2. The molecule has 0 heterocycles. The Labute approximate surface area is 127 Å². The van der Waals surface area contributed by atoms with E-state index in [4.69, 9.17) is 0 Å². The van der Waals surface area contributed by atoms with Gasteiger partial charge in [-0.25, -0.2) is 8.42 Å². The predicted octanol–water partition coefficient (Wildman–Crippen LogP) is 2.50. The van der Waals surface area contributed by atoms with Gasteiger partial charge in [0.15, 0.2) is 9.84 Å². The van der Waals surface area contributed by atoms with Crippen LogP contribution in [-0.4, -0.2) is 25.8 Å². The molecule has 0 bridgehead atoms. The van der Waals surface area contributed by atoms with Crippen LogP contribution in [0.1, 0.15) is 44.9 Å². The van der Waals surface area contributed by atoms with Gasteiger partial charge < -0.3 is 5.32 Å². The van der Waals surface area contributed by atoms with Crippen molar-refractivity contribution < 1.29 is 13.2 Å². The van der Waals surface area contributed by atoms with Gasteiger partial charge in [-0.05, 0) is 30.4 Å². The molecule has 1 aromatic carbocycles. The molecule has 21 heavy (non-hydrogen) atoms. The van der Waals surface area contributed by atoms with Crippen LogP contribution in [0.4, 0.5) is 0 Å². The summed E-state index contributed by atoms with van der Waals surface area (Å²) < 4.78 is 23.0. The number of benzene rings is 1. The van der Waals surface area contributed by atoms with E-state index in [-0.39, 0.29) is 12.0 Å². The first kappa shape index (κ1) is 17.7. The molecule has 0 aliphatic heterocycles. The van der Waals surface area contributed by atoms with Gasteiger partial charge in [-0.1, -0.05) is 45.0 Å². The fraction of sp³-hybridized carbons (Fsp3) is 0.562. The summed E-state index contributed by atoms with van der Waals surface area (Å²) in [6, 6.07) is 7.88. The van der Waals surface area contributed by atoms with Gasteiger partial charge in [-0.3, -0.25) is 4.79 Å². The van der Waals surface area contributed by atoms with E-state index in [0.29, 0.717) is 0 Å². The van der Waals surface area contributed by atoms with Crippen LogP contribution in [0.5, 0.6) is 0 Å². The van der Waals surface area contributed by atoms with Crippen LogP contribution in [0.3, 0.4) is 0 Å². The molecule has 0 aliphatic rings. The van der Waals surface area contributed by atoms with E-state index in [2.05, 4.69) is 12.2 Å². The molecule has 4 nitrogen and oxygen atoms in total. The summed E-state index contributed by atoms with van der Waals surface area (Å²) in [5.74, 6) is -0.274. The normalized spacial score (nSPS) is 14.8. The molecule has 0 fully saturated rings. The molecule has 1 rings (SSSR count). The smallest absolute Gasteiger partial charge is 0.238 e. The van der Waals surface area contributed by atoms with E-state index < -0.39 is 21.0 Å². The minimum atomic E-state index is -3.38. The van der Waals surface area contributed by atoms with Crippen molar-refractivity contribution in [3.63, 3.8) is 0 Å². The largest absolute Gasteiger partial charge is 0.348 e. The summed E-state index contributed by atoms with van der Waals surface area (Å²) in [6.07, 6.45) is 2.04. The first-order valence-corrected chi connectivity index (χ1v) is 9.20. The lowest BCUT2D eigenvalue weighted by Gasteiger charge is -2.24. The zero-order valence-electron chi connectivity index (χ0n) is 13.4. The molecule has 1 amide bonds. The Morgan fingerprint density at radius 2 is 1.67 bits per heavy atom. The van der Waals surface area contributed by atoms with E-state index in [1.54, 1.807) is 0 Å². The minimum absolute atomic E-state index is 0.174. The van der Waals surface area contributed by atoms with Crippen LogP contribution in [0.25, 0.3) is 0 Å². The van der Waals surface area contributed by atoms with Crippen molar-refractivity contribution in [2.24, 2.45) is 5.92 Å². The van der Waals surface area contributed by atoms with E-state index >= 15 is 0 Å². The molecule has 5 heteroatoms. The van der Waals surface area contributed by atoms with Gasteiger partial charge in [0.05, 0.1) is 6.04 Å². The highest BCUT2D eigenvalue weighted by molar-refractivity contribution is 7.92. The summed E-state index contributed by atoms with van der Waals surface area (Å²) in [5, 5.41) is 1.82. The number of rotatable bonds is 6. The third-order valence-electron chi connectivity index (χ3n) is 3.72. The number of carbonyl (C=O) groups excluding carboxylic acids is 1. The summed E-state index contributed by atoms with van der Waals surface area (Å²) in [5.41, 5.74) is 2.23. The topological polar surface area (TPSA) is 63.2 Å². The highest BCUT2D eigenvalue weighted by atomic mass is 32.2. The number of aryl methyl sites for hydroxylation is 1. The highest BCUT2D eigenvalue weighted by Gasteiger charge is 2.27. The third-order valence-corrected chi connectivity index (χ3v) is 5.22. The van der Waals surface area contributed by atoms with Crippen molar-refractivity contribution in [1.29, 1.82) is 0 Å². The van der Waals surface area contributed by atoms with Crippen molar-refractivity contribution in [3.05, 3.63) is 35.4 Å². The number of hydrogen-bond donors (Lipinski definition) is 1. The minimum Gasteiger partial charge on any atom is -0.348 e. The quantitative estimate of drug-likeness (QED) is 0.878. The Bertz CT molecular complexity index is 576. The molecule has 0 aromatic heterocycles. The first-order valence-electron chi connectivity index (χ1n) is 7.24. The van der Waals surface area contributed by atoms with Crippen molar-refractivity contribution >= 4 is 15.7 Å². The van der Waals surface area contributed by atoms with Gasteiger partial charge in [0, 0.05) is 6.26 Å². The molecule has 2 atom stereocenters. The van der Waals surface area contributed by atoms with Crippen LogP contribution < -0.4 is 5.32 Å². The molecular weight excluding hydrogens is 286 g/mol. The van der Waals surface area contributed by atoms with Gasteiger partial charge in [0.25, 0.3) is 0 Å². The van der Waals surface area contributed by atoms with Gasteiger partial charge in [0.1, 0.15) is 5.25 Å². The maximum Gasteiger partial charge on any atom is 0.238 e. The van der Waals surface area contributed by atoms with Gasteiger partial charge >= 0.3 is 0 Å². The Morgan fingerprint density at radius 1 is 1.14 bits per heavy atom. The maximum absolute atomic E-state index is 12.1. The monoisotopic (exact) mass is 311 g/mol. The van der Waals surface area contributed by atoms with E-state index in [1.165, 1.54) is 12.5 Å². The molecule has 0 saturated carbocycles. The maximum atomic E-state index is 12.1. The molecule has 0 unspecified atom stereocenters. The van der Waals surface area contributed by atoms with Crippen molar-refractivity contribution in [1.82, 2.24) is 5.32 Å². The molecular formula is C16H25NO3S. The second-order valence-corrected chi connectivity index (χ2v) is 8.16. The Hall–Kier alpha value is -1.36. The van der Waals surface area contributed by atoms with Crippen LogP contribution in [0, 0.1) is 5.92 Å². The Morgan fingerprint density at radius 3 is 2.05 bits per heavy atom. The molecule has 1 aromatic rings. The van der Waals surface area contributed by atoms with Crippen LogP contribution in [0.15, 0.2) is 24.3 Å². The second kappa shape index (κ2) is 7.07. The average molecular weight is 311 g/mol. The van der Waals surface area contributed by atoms with E-state index in [1.807, 2.05) is 38.1 Å². The average Bonchev–Trinajstić information content (AvgIpc) is 2.42. The molecule has 118 valence electrons. The number of hydrogen-bond acceptors (Lipinski definition) is 3. The lowest BCUT2D eigenvalue weighted by atomic mass is 9.94. The van der Waals surface area contributed by atoms with Gasteiger partial charge in [-0.2, -0.15) is 0 Å². The summed E-state index contributed by atoms with van der Waals surface area (Å²) in [4.78, 5) is 12.1. The Balaban J connectivity index is 2.95. The molecule has 0 spiro atoms. The predicted molar refractivity (Wildman–Crippen MR) is 85.8 cm³/mol. The number of nitrogens with one attached hydrogen (secondary N) is 1. The first-order chi connectivity index (χ1) is 9.66. The van der Waals surface area contributed by atoms with Gasteiger partial charge in [0.2, 0.25) is 5.91 Å². The molecule has 0 aliphatic carbocycles. The summed E-state index contributed by atoms with van der Waals surface area (Å²) in [6.45, 7) is 7.51. The van der Waals surface area contributed by atoms with E-state index in [9.17, 15) is 13.2 Å². The standard InChI is InChI=1S/C16H25NO3S/c1-6-13-7-9-14(10-8-13)15(11(2)3)17-16(18)12(4)21(5,19)20/h7-12,15H,6H2,1-5H3,(H,17,18)/t12-,15-/m0/s1. The number of sulfone groups is 1. The van der Waals surface area contributed by atoms with E-state index in [0.717, 1.165) is 18.2 Å². The zero-order chi connectivity index (χ0) is 16.2. The molecule has 1 N–H and O–H groups in total. The van der Waals surface area contributed by atoms with Crippen LogP contribution in [-0.2, 0) is 21.1 Å². The SMILES string of the molecule is CCc1ccc([C@@H](NC(=O)[C@H](C)S(C)(=O)=O)C(C)C)cc1. The van der Waals surface area contributed by atoms with Gasteiger partial charge in [-0.15, -0.1) is 0 Å². The Kier molecular flexibility index (Phi) is 5.96. The van der Waals surface area contributed by atoms with Crippen molar-refractivity contribution in [2.45, 2.75) is 45.4 Å². The number of carbonyl (C=O) groups is 1. The van der Waals surface area contributed by atoms with Crippen molar-refractivity contribution in [2.75, 3.05) is 6.26 Å². The van der Waals surface area contributed by atoms with Crippen LogP contribution in [0.2, 0.25) is 0 Å². The molecule has 0 saturated heterocycles. The fourth-order valence-electron chi connectivity index (χ4n) is 2.06. The second-order valence-electron chi connectivity index (χ2n) is 5.80. The van der Waals surface area contributed by atoms with Crippen LogP contribution >= 0.6 is 0 Å². The molecule has 0 radical (unpaired) electrons.